The van der Waals surface area contributed by atoms with Crippen LogP contribution in [0.3, 0.4) is 0 Å². The second kappa shape index (κ2) is 7.17. The molecule has 1 aromatic heterocycles. The largest absolute Gasteiger partial charge is 0.484 e. The Morgan fingerprint density at radius 3 is 2.41 bits per heavy atom. The van der Waals surface area contributed by atoms with Gasteiger partial charge in [0.05, 0.1) is 12.7 Å². The van der Waals surface area contributed by atoms with Gasteiger partial charge in [-0.2, -0.15) is 4.99 Å². The molecule has 2 rings (SSSR count). The molecule has 0 bridgehead atoms. The molecule has 0 saturated carbocycles. The van der Waals surface area contributed by atoms with Crippen LogP contribution in [0.15, 0.2) is 40.4 Å². The van der Waals surface area contributed by atoms with E-state index in [1.807, 2.05) is 36.6 Å². The Morgan fingerprint density at radius 1 is 1.18 bits per heavy atom. The molecule has 0 N–H and O–H groups in total. The summed E-state index contributed by atoms with van der Waals surface area (Å²) < 4.78 is 5.08. The highest BCUT2D eigenvalue weighted by atomic mass is 32.2. The third-order valence-electron chi connectivity index (χ3n) is 2.99. The van der Waals surface area contributed by atoms with Gasteiger partial charge < -0.3 is 4.74 Å². The number of Topliss-reactive ketones (excluding diaryl/α,β-unsaturated/α-hetero) is 1. The molecule has 0 aliphatic heterocycles. The van der Waals surface area contributed by atoms with E-state index in [-0.39, 0.29) is 5.78 Å². The number of hydrogen-bond donors (Lipinski definition) is 0. The fourth-order valence-corrected chi connectivity index (χ4v) is 2.49. The molecule has 6 heteroatoms. The number of methoxy groups -OCH3 is 1. The van der Waals surface area contributed by atoms with Crippen molar-refractivity contribution in [3.63, 3.8) is 0 Å². The third kappa shape index (κ3) is 3.51. The molecule has 0 fully saturated rings. The molecular formula is C16H17N3O2S. The SMILES string of the molecule is CO/C(C)=N\c1nc(-c2ccccc2)nc(SC)c1C(C)=O. The van der Waals surface area contributed by atoms with Crippen LogP contribution in [0.25, 0.3) is 11.4 Å². The summed E-state index contributed by atoms with van der Waals surface area (Å²) in [7, 11) is 1.53. The molecule has 1 heterocycles. The van der Waals surface area contributed by atoms with Gasteiger partial charge in [-0.05, 0) is 13.2 Å². The van der Waals surface area contributed by atoms with Crippen LogP contribution >= 0.6 is 11.8 Å². The number of ether oxygens (including phenoxy) is 1. The molecule has 114 valence electrons. The molecule has 0 aliphatic carbocycles. The van der Waals surface area contributed by atoms with Gasteiger partial charge in [-0.3, -0.25) is 4.79 Å². The Bertz CT molecular complexity index is 715. The predicted molar refractivity (Wildman–Crippen MR) is 89.0 cm³/mol. The number of carbonyl (C=O) groups excluding carboxylic acids is 1. The second-order valence-corrected chi connectivity index (χ2v) is 5.31. The van der Waals surface area contributed by atoms with Crippen LogP contribution in [-0.2, 0) is 4.74 Å². The van der Waals surface area contributed by atoms with Gasteiger partial charge in [-0.1, -0.05) is 30.3 Å². The first kappa shape index (κ1) is 16.2. The van der Waals surface area contributed by atoms with E-state index in [0.29, 0.717) is 28.1 Å². The minimum Gasteiger partial charge on any atom is -0.484 e. The number of carbonyl (C=O) groups is 1. The van der Waals surface area contributed by atoms with Gasteiger partial charge in [0.1, 0.15) is 5.03 Å². The number of aromatic nitrogens is 2. The van der Waals surface area contributed by atoms with Gasteiger partial charge in [0.15, 0.2) is 23.3 Å². The first-order valence-electron chi connectivity index (χ1n) is 6.68. The Labute approximate surface area is 133 Å². The lowest BCUT2D eigenvalue weighted by Gasteiger charge is -2.10. The van der Waals surface area contributed by atoms with Crippen LogP contribution < -0.4 is 0 Å². The van der Waals surface area contributed by atoms with Gasteiger partial charge in [0.25, 0.3) is 0 Å². The minimum atomic E-state index is -0.119. The molecule has 0 unspecified atom stereocenters. The number of benzene rings is 1. The van der Waals surface area contributed by atoms with E-state index in [9.17, 15) is 4.79 Å². The maximum atomic E-state index is 12.0. The monoisotopic (exact) mass is 315 g/mol. The van der Waals surface area contributed by atoms with Crippen molar-refractivity contribution >= 4 is 29.3 Å². The average Bonchev–Trinajstić information content (AvgIpc) is 2.54. The fraction of sp³-hybridized carbons (Fsp3) is 0.250. The molecule has 0 radical (unpaired) electrons. The Morgan fingerprint density at radius 2 is 1.86 bits per heavy atom. The van der Waals surface area contributed by atoms with E-state index < -0.39 is 0 Å². The first-order chi connectivity index (χ1) is 10.6. The van der Waals surface area contributed by atoms with E-state index in [1.165, 1.54) is 25.8 Å². The summed E-state index contributed by atoms with van der Waals surface area (Å²) in [5.41, 5.74) is 1.29. The highest BCUT2D eigenvalue weighted by Gasteiger charge is 2.18. The summed E-state index contributed by atoms with van der Waals surface area (Å²) in [5, 5.41) is 0.615. The van der Waals surface area contributed by atoms with Gasteiger partial charge in [0.2, 0.25) is 0 Å². The van der Waals surface area contributed by atoms with Crippen molar-refractivity contribution in [2.45, 2.75) is 18.9 Å². The molecule has 0 saturated heterocycles. The topological polar surface area (TPSA) is 64.4 Å². The Balaban J connectivity index is 2.70. The molecule has 5 nitrogen and oxygen atoms in total. The van der Waals surface area contributed by atoms with Gasteiger partial charge >= 0.3 is 0 Å². The van der Waals surface area contributed by atoms with Crippen molar-refractivity contribution in [2.75, 3.05) is 13.4 Å². The van der Waals surface area contributed by atoms with Crippen molar-refractivity contribution in [1.29, 1.82) is 0 Å². The van der Waals surface area contributed by atoms with Crippen molar-refractivity contribution in [3.05, 3.63) is 35.9 Å². The van der Waals surface area contributed by atoms with E-state index >= 15 is 0 Å². The number of hydrogen-bond acceptors (Lipinski definition) is 6. The normalized spacial score (nSPS) is 11.4. The molecular weight excluding hydrogens is 298 g/mol. The lowest BCUT2D eigenvalue weighted by molar-refractivity contribution is 0.101. The highest BCUT2D eigenvalue weighted by molar-refractivity contribution is 7.98. The summed E-state index contributed by atoms with van der Waals surface area (Å²) in [4.78, 5) is 25.2. The molecule has 22 heavy (non-hydrogen) atoms. The number of thioether (sulfide) groups is 1. The lowest BCUT2D eigenvalue weighted by Crippen LogP contribution is -2.04. The molecule has 0 aliphatic rings. The van der Waals surface area contributed by atoms with Crippen molar-refractivity contribution < 1.29 is 9.53 Å². The summed E-state index contributed by atoms with van der Waals surface area (Å²) in [5.74, 6) is 1.20. The van der Waals surface area contributed by atoms with Crippen LogP contribution in [0.1, 0.15) is 24.2 Å². The van der Waals surface area contributed by atoms with E-state index in [1.54, 1.807) is 6.92 Å². The Hall–Kier alpha value is -2.21. The van der Waals surface area contributed by atoms with Crippen LogP contribution in [0.4, 0.5) is 5.82 Å². The van der Waals surface area contributed by atoms with Crippen LogP contribution in [0.2, 0.25) is 0 Å². The number of nitrogens with zero attached hydrogens (tertiary/aromatic N) is 3. The van der Waals surface area contributed by atoms with E-state index in [2.05, 4.69) is 15.0 Å². The number of aliphatic imine (C=N–C) groups is 1. The summed E-state index contributed by atoms with van der Waals surface area (Å²) in [6.07, 6.45) is 1.88. The average molecular weight is 315 g/mol. The van der Waals surface area contributed by atoms with Gasteiger partial charge in [-0.25, -0.2) is 9.97 Å². The predicted octanol–water partition coefficient (Wildman–Crippen LogP) is 3.76. The van der Waals surface area contributed by atoms with Gasteiger partial charge in [-0.15, -0.1) is 11.8 Å². The quantitative estimate of drug-likeness (QED) is 0.282. The van der Waals surface area contributed by atoms with Crippen molar-refractivity contribution in [3.8, 4) is 11.4 Å². The number of rotatable bonds is 4. The molecule has 0 amide bonds. The zero-order valence-electron chi connectivity index (χ0n) is 13.0. The first-order valence-corrected chi connectivity index (χ1v) is 7.91. The third-order valence-corrected chi connectivity index (χ3v) is 3.67. The smallest absolute Gasteiger partial charge is 0.186 e. The maximum absolute atomic E-state index is 12.0. The Kier molecular flexibility index (Phi) is 5.27. The standard InChI is InChI=1S/C16H17N3O2S/c1-10(20)13-15(17-11(2)21-3)18-14(19-16(13)22-4)12-8-6-5-7-9-12/h5-9H,1-4H3/b17-11-. The van der Waals surface area contributed by atoms with E-state index in [4.69, 9.17) is 4.74 Å². The molecule has 0 spiro atoms. The van der Waals surface area contributed by atoms with Crippen LogP contribution in [-0.4, -0.2) is 35.0 Å². The van der Waals surface area contributed by atoms with Crippen LogP contribution in [0.5, 0.6) is 0 Å². The van der Waals surface area contributed by atoms with Crippen molar-refractivity contribution in [2.24, 2.45) is 4.99 Å². The lowest BCUT2D eigenvalue weighted by atomic mass is 10.2. The number of ketones is 1. The van der Waals surface area contributed by atoms with Crippen LogP contribution in [0, 0.1) is 0 Å². The highest BCUT2D eigenvalue weighted by Crippen LogP contribution is 2.30. The maximum Gasteiger partial charge on any atom is 0.186 e. The summed E-state index contributed by atoms with van der Waals surface area (Å²) >= 11 is 1.40. The molecule has 2 aromatic rings. The summed E-state index contributed by atoms with van der Waals surface area (Å²) in [6, 6.07) is 9.60. The molecule has 0 atom stereocenters. The van der Waals surface area contributed by atoms with Crippen molar-refractivity contribution in [1.82, 2.24) is 9.97 Å². The summed E-state index contributed by atoms with van der Waals surface area (Å²) in [6.45, 7) is 3.20. The van der Waals surface area contributed by atoms with Gasteiger partial charge in [0, 0.05) is 12.5 Å². The fourth-order valence-electron chi connectivity index (χ4n) is 1.88. The second-order valence-electron chi connectivity index (χ2n) is 4.51. The zero-order chi connectivity index (χ0) is 16.1. The molecule has 1 aromatic carbocycles. The zero-order valence-corrected chi connectivity index (χ0v) is 13.8. The van der Waals surface area contributed by atoms with E-state index in [0.717, 1.165) is 5.56 Å². The minimum absolute atomic E-state index is 0.119.